The number of Topliss-reactive ketones (excluding diaryl/α,β-unsaturated/α-hetero) is 1. The number of carbonyl (C=O) groups is 1. The van der Waals surface area contributed by atoms with Crippen LogP contribution in [0.15, 0.2) is 0 Å². The fourth-order valence-corrected chi connectivity index (χ4v) is 2.65. The Labute approximate surface area is 63.2 Å². The van der Waals surface area contributed by atoms with E-state index in [0.29, 0.717) is 23.5 Å². The average Bonchev–Trinajstić information content (AvgIpc) is 2.32. The summed E-state index contributed by atoms with van der Waals surface area (Å²) in [5, 5.41) is 0. The maximum Gasteiger partial charge on any atom is 0.133 e. The van der Waals surface area contributed by atoms with Gasteiger partial charge in [0.25, 0.3) is 0 Å². The molecular weight excluding hydrogens is 145 g/mol. The highest BCUT2D eigenvalue weighted by Gasteiger charge is 2.56. The molecule has 2 rings (SSSR count). The molecule has 0 aromatic heterocycles. The third-order valence-corrected chi connectivity index (χ3v) is 3.11. The number of carbonyl (C=O) groups excluding carboxylic acids is 1. The maximum absolute atomic E-state index is 10.9. The second-order valence-corrected chi connectivity index (χ2v) is 4.15. The first-order valence-corrected chi connectivity index (χ1v) is 4.22. The minimum absolute atomic E-state index is 0.396. The van der Waals surface area contributed by atoms with Crippen LogP contribution in [-0.4, -0.2) is 23.5 Å². The quantitative estimate of drug-likeness (QED) is 0.518. The van der Waals surface area contributed by atoms with Gasteiger partial charge >= 0.3 is 0 Å². The van der Waals surface area contributed by atoms with Crippen molar-refractivity contribution in [2.24, 2.45) is 17.8 Å². The summed E-state index contributed by atoms with van der Waals surface area (Å²) < 4.78 is 2.23. The van der Waals surface area contributed by atoms with Gasteiger partial charge < -0.3 is 0 Å². The Morgan fingerprint density at radius 1 is 1.50 bits per heavy atom. The highest BCUT2D eigenvalue weighted by atomic mass is 31.0. The second-order valence-electron chi connectivity index (χ2n) is 3.42. The van der Waals surface area contributed by atoms with Crippen LogP contribution in [0.1, 0.15) is 6.92 Å². The van der Waals surface area contributed by atoms with E-state index in [1.54, 1.807) is 6.92 Å². The SMILES string of the molecule is CC(=O)C1[C@H]2CN(P)C[C@@H]12. The molecule has 3 heteroatoms. The van der Waals surface area contributed by atoms with Crippen LogP contribution in [0, 0.1) is 17.8 Å². The van der Waals surface area contributed by atoms with Crippen molar-refractivity contribution in [3.8, 4) is 0 Å². The van der Waals surface area contributed by atoms with Crippen molar-refractivity contribution in [1.82, 2.24) is 4.67 Å². The summed E-state index contributed by atoms with van der Waals surface area (Å²) in [6.07, 6.45) is 0. The summed E-state index contributed by atoms with van der Waals surface area (Å²) in [5.74, 6) is 2.23. The van der Waals surface area contributed by atoms with Crippen LogP contribution in [0.5, 0.6) is 0 Å². The summed E-state index contributed by atoms with van der Waals surface area (Å²) in [6, 6.07) is 0. The molecule has 0 spiro atoms. The molecule has 56 valence electrons. The molecule has 2 unspecified atom stereocenters. The number of fused-ring (bicyclic) bond motifs is 1. The van der Waals surface area contributed by atoms with Gasteiger partial charge in [0.1, 0.15) is 5.78 Å². The third-order valence-electron chi connectivity index (χ3n) is 2.69. The lowest BCUT2D eigenvalue weighted by Crippen LogP contribution is -2.15. The molecule has 0 radical (unpaired) electrons. The molecule has 2 aliphatic rings. The maximum atomic E-state index is 10.9. The van der Waals surface area contributed by atoms with Crippen LogP contribution < -0.4 is 0 Å². The van der Waals surface area contributed by atoms with Gasteiger partial charge in [-0.3, -0.25) is 9.46 Å². The Kier molecular flexibility index (Phi) is 1.37. The van der Waals surface area contributed by atoms with E-state index in [0.717, 1.165) is 13.1 Å². The lowest BCUT2D eigenvalue weighted by Gasteiger charge is -2.10. The first-order valence-electron chi connectivity index (χ1n) is 3.70. The van der Waals surface area contributed by atoms with Crippen molar-refractivity contribution in [3.05, 3.63) is 0 Å². The van der Waals surface area contributed by atoms with Gasteiger partial charge in [-0.15, -0.1) is 0 Å². The van der Waals surface area contributed by atoms with Crippen LogP contribution >= 0.6 is 9.39 Å². The molecule has 2 nitrogen and oxygen atoms in total. The van der Waals surface area contributed by atoms with Gasteiger partial charge in [0.2, 0.25) is 0 Å². The number of hydrogen-bond donors (Lipinski definition) is 0. The van der Waals surface area contributed by atoms with E-state index < -0.39 is 0 Å². The minimum atomic E-state index is 0.396. The van der Waals surface area contributed by atoms with E-state index in [1.807, 2.05) is 0 Å². The summed E-state index contributed by atoms with van der Waals surface area (Å²) >= 11 is 0. The van der Waals surface area contributed by atoms with E-state index in [9.17, 15) is 4.79 Å². The van der Waals surface area contributed by atoms with E-state index in [2.05, 4.69) is 14.1 Å². The molecule has 1 aliphatic heterocycles. The van der Waals surface area contributed by atoms with Gasteiger partial charge in [0.05, 0.1) is 0 Å². The zero-order valence-corrected chi connectivity index (χ0v) is 7.23. The average molecular weight is 157 g/mol. The van der Waals surface area contributed by atoms with Crippen LogP contribution in [-0.2, 0) is 4.79 Å². The molecule has 0 aromatic rings. The van der Waals surface area contributed by atoms with Gasteiger partial charge in [0.15, 0.2) is 0 Å². The Morgan fingerprint density at radius 3 is 2.40 bits per heavy atom. The lowest BCUT2D eigenvalue weighted by molar-refractivity contribution is -0.118. The van der Waals surface area contributed by atoms with Crippen LogP contribution in [0.4, 0.5) is 0 Å². The Bertz CT molecular complexity index is 170. The van der Waals surface area contributed by atoms with Crippen molar-refractivity contribution < 1.29 is 4.79 Å². The number of piperidine rings is 1. The monoisotopic (exact) mass is 157 g/mol. The van der Waals surface area contributed by atoms with E-state index in [-0.39, 0.29) is 0 Å². The van der Waals surface area contributed by atoms with Gasteiger partial charge in [-0.25, -0.2) is 0 Å². The molecule has 0 aromatic carbocycles. The highest BCUT2D eigenvalue weighted by Crippen LogP contribution is 2.52. The molecule has 4 atom stereocenters. The highest BCUT2D eigenvalue weighted by molar-refractivity contribution is 7.13. The molecular formula is C7H12NOP. The van der Waals surface area contributed by atoms with Crippen molar-refractivity contribution in [3.63, 3.8) is 0 Å². The Morgan fingerprint density at radius 2 is 2.00 bits per heavy atom. The van der Waals surface area contributed by atoms with Crippen LogP contribution in [0.2, 0.25) is 0 Å². The van der Waals surface area contributed by atoms with Gasteiger partial charge in [0, 0.05) is 19.0 Å². The molecule has 0 bridgehead atoms. The van der Waals surface area contributed by atoms with Gasteiger partial charge in [-0.2, -0.15) is 0 Å². The summed E-state index contributed by atoms with van der Waals surface area (Å²) in [4.78, 5) is 10.9. The zero-order valence-electron chi connectivity index (χ0n) is 6.08. The number of nitrogens with zero attached hydrogens (tertiary/aromatic N) is 1. The van der Waals surface area contributed by atoms with Crippen molar-refractivity contribution in [1.29, 1.82) is 0 Å². The first kappa shape index (κ1) is 6.75. The number of ketones is 1. The van der Waals surface area contributed by atoms with Crippen LogP contribution in [0.3, 0.4) is 0 Å². The van der Waals surface area contributed by atoms with Crippen molar-refractivity contribution in [2.75, 3.05) is 13.1 Å². The standard InChI is InChI=1S/C7H12NOP/c1-4(9)7-5-2-8(10)3-6(5)7/h5-7H,2-3,10H2,1H3/t5-,6+,7?. The molecule has 1 aliphatic carbocycles. The number of rotatable bonds is 1. The summed E-state index contributed by atoms with van der Waals surface area (Å²) in [6.45, 7) is 3.94. The predicted octanol–water partition coefficient (Wildman–Crippen LogP) is 0.543. The number of hydrogen-bond acceptors (Lipinski definition) is 2. The lowest BCUT2D eigenvalue weighted by atomic mass is 10.2. The molecule has 1 heterocycles. The van der Waals surface area contributed by atoms with E-state index in [1.165, 1.54) is 0 Å². The van der Waals surface area contributed by atoms with Gasteiger partial charge in [-0.1, -0.05) is 9.39 Å². The third kappa shape index (κ3) is 0.826. The Balaban J connectivity index is 1.98. The molecule has 0 amide bonds. The van der Waals surface area contributed by atoms with E-state index in [4.69, 9.17) is 0 Å². The van der Waals surface area contributed by atoms with Crippen LogP contribution in [0.25, 0.3) is 0 Å². The van der Waals surface area contributed by atoms with E-state index >= 15 is 0 Å². The van der Waals surface area contributed by atoms with Crippen molar-refractivity contribution in [2.45, 2.75) is 6.92 Å². The second kappa shape index (κ2) is 2.02. The summed E-state index contributed by atoms with van der Waals surface area (Å²) in [5.41, 5.74) is 0. The molecule has 10 heavy (non-hydrogen) atoms. The van der Waals surface area contributed by atoms with Gasteiger partial charge in [-0.05, 0) is 18.8 Å². The Hall–Kier alpha value is 0.0600. The zero-order chi connectivity index (χ0) is 7.30. The summed E-state index contributed by atoms with van der Waals surface area (Å²) in [7, 11) is 2.70. The molecule has 2 fully saturated rings. The van der Waals surface area contributed by atoms with Crippen molar-refractivity contribution >= 4 is 15.2 Å². The predicted molar refractivity (Wildman–Crippen MR) is 42.4 cm³/mol. The molecule has 1 saturated heterocycles. The smallest absolute Gasteiger partial charge is 0.133 e. The minimum Gasteiger partial charge on any atom is -0.300 e. The first-order chi connectivity index (χ1) is 4.70. The normalized spacial score (nSPS) is 45.2. The molecule has 0 N–H and O–H groups in total. The fourth-order valence-electron chi connectivity index (χ4n) is 2.16. The fraction of sp³-hybridized carbons (Fsp3) is 0.857. The molecule has 1 saturated carbocycles. The topological polar surface area (TPSA) is 20.3 Å². The largest absolute Gasteiger partial charge is 0.300 e.